The smallest absolute Gasteiger partial charge is 0.490 e. The van der Waals surface area contributed by atoms with Crippen LogP contribution in [0.2, 0.25) is 0 Å². The Morgan fingerprint density at radius 3 is 1.96 bits per heavy atom. The highest BCUT2D eigenvalue weighted by Crippen LogP contribution is 2.21. The highest BCUT2D eigenvalue weighted by Gasteiger charge is 2.41. The molecule has 15 N–H and O–H groups in total. The lowest BCUT2D eigenvalue weighted by Crippen LogP contribution is -2.62. The summed E-state index contributed by atoms with van der Waals surface area (Å²) >= 11 is 0. The van der Waals surface area contributed by atoms with Crippen LogP contribution < -0.4 is 48.7 Å². The Balaban J connectivity index is 0.00000242. The van der Waals surface area contributed by atoms with Crippen LogP contribution in [0.25, 0.3) is 0 Å². The minimum Gasteiger partial charge on any atom is -0.508 e. The summed E-state index contributed by atoms with van der Waals surface area (Å²) in [6.45, 7) is 8.47. The Bertz CT molecular complexity index is 2210. The monoisotopic (exact) mass is 1040 g/mol. The molecule has 1 aromatic carbocycles. The number of aromatic hydroxyl groups is 1. The number of likely N-dealkylation sites (N-methyl/N-ethyl adjacent to an activating group) is 1. The predicted octanol–water partition coefficient (Wildman–Crippen LogP) is -1.49. The Hall–Kier alpha value is -7.52. The summed E-state index contributed by atoms with van der Waals surface area (Å²) in [4.78, 5) is 129. The number of guanidine groups is 1. The fraction of sp³-hybridized carbons (Fsp3) is 0.578. The molecule has 0 radical (unpaired) electrons. The molecule has 2 heterocycles. The van der Waals surface area contributed by atoms with E-state index in [9.17, 15) is 61.7 Å². The van der Waals surface area contributed by atoms with Crippen LogP contribution in [0.5, 0.6) is 5.75 Å². The van der Waals surface area contributed by atoms with Crippen molar-refractivity contribution in [2.45, 2.75) is 128 Å². The van der Waals surface area contributed by atoms with Crippen molar-refractivity contribution in [3.05, 3.63) is 48.0 Å². The molecule has 1 aromatic heterocycles. The van der Waals surface area contributed by atoms with Gasteiger partial charge in [-0.1, -0.05) is 46.2 Å². The average molecular weight is 1040 g/mol. The first kappa shape index (κ1) is 61.6. The molecule has 0 unspecified atom stereocenters. The number of benzene rings is 1. The molecular weight excluding hydrogens is 972 g/mol. The molecule has 0 aliphatic carbocycles. The largest absolute Gasteiger partial charge is 0.508 e. The van der Waals surface area contributed by atoms with E-state index in [1.54, 1.807) is 46.9 Å². The number of imidazole rings is 1. The van der Waals surface area contributed by atoms with Crippen molar-refractivity contribution < 1.29 is 71.6 Å². The number of nitrogens with two attached hydrogens (primary N) is 2. The first-order valence-corrected chi connectivity index (χ1v) is 23.3. The number of rotatable bonds is 26. The zero-order valence-corrected chi connectivity index (χ0v) is 41.4. The number of carboxylic acids is 2. The molecule has 8 atom stereocenters. The van der Waals surface area contributed by atoms with Crippen molar-refractivity contribution in [3.63, 3.8) is 0 Å². The normalized spacial score (nSPS) is 16.1. The molecule has 0 bridgehead atoms. The summed E-state index contributed by atoms with van der Waals surface area (Å²) in [6, 6.07) is -2.40. The number of amides is 7. The number of carbonyl (C=O) groups is 9. The lowest BCUT2D eigenvalue weighted by molar-refractivity contribution is -0.192. The summed E-state index contributed by atoms with van der Waals surface area (Å²) in [5.41, 5.74) is 11.9. The first-order chi connectivity index (χ1) is 34.2. The van der Waals surface area contributed by atoms with Crippen LogP contribution in [0, 0.1) is 11.8 Å². The van der Waals surface area contributed by atoms with Gasteiger partial charge in [-0.25, -0.2) is 9.78 Å². The lowest BCUT2D eigenvalue weighted by Gasteiger charge is -2.32. The average Bonchev–Trinajstić information content (AvgIpc) is 4.03. The predicted molar refractivity (Wildman–Crippen MR) is 256 cm³/mol. The third-order valence-corrected chi connectivity index (χ3v) is 11.4. The van der Waals surface area contributed by atoms with Gasteiger partial charge in [-0.15, -0.1) is 0 Å². The number of aromatic nitrogens is 2. The maximum absolute atomic E-state index is 14.4. The van der Waals surface area contributed by atoms with Crippen molar-refractivity contribution in [1.29, 1.82) is 0 Å². The highest BCUT2D eigenvalue weighted by molar-refractivity contribution is 5.98. The quantitative estimate of drug-likeness (QED) is 0.0290. The number of phenolic OH excluding ortho intramolecular Hbond substituents is 1. The van der Waals surface area contributed by atoms with E-state index in [0.717, 1.165) is 0 Å². The van der Waals surface area contributed by atoms with E-state index >= 15 is 0 Å². The second-order valence-corrected chi connectivity index (χ2v) is 17.5. The number of H-pyrrole nitrogens is 1. The van der Waals surface area contributed by atoms with Crippen LogP contribution in [-0.4, -0.2) is 165 Å². The van der Waals surface area contributed by atoms with Crippen LogP contribution in [-0.2, 0) is 56.0 Å². The van der Waals surface area contributed by atoms with Crippen molar-refractivity contribution in [1.82, 2.24) is 52.1 Å². The number of phenols is 1. The van der Waals surface area contributed by atoms with E-state index < -0.39 is 114 Å². The first-order valence-electron chi connectivity index (χ1n) is 23.3. The summed E-state index contributed by atoms with van der Waals surface area (Å²) in [5, 5.41) is 45.2. The second kappa shape index (κ2) is 29.7. The number of aliphatic imine (C=N–C) groups is 1. The minimum atomic E-state index is -5.08. The Morgan fingerprint density at radius 2 is 1.42 bits per heavy atom. The SMILES string of the molecule is CC[C@H](C)[C@H](NC(=O)[C@H](Cc1ccc(O)cc1)NC(=O)[C@@H](NC(=O)[C@H](CCCN=C(N)N)NC(=O)CNC)C(C)C)C(=O)N[C@@H](Cc1cnc[nH]1)C(=O)N1CCC[C@H]1C(=O)N[C@@H](C)C(=O)O.O=C(O)C(F)(F)F. The van der Waals surface area contributed by atoms with E-state index in [-0.39, 0.29) is 57.0 Å². The van der Waals surface area contributed by atoms with Gasteiger partial charge in [-0.3, -0.25) is 43.3 Å². The van der Waals surface area contributed by atoms with Gasteiger partial charge in [-0.2, -0.15) is 13.2 Å². The van der Waals surface area contributed by atoms with Crippen molar-refractivity contribution >= 4 is 59.2 Å². The van der Waals surface area contributed by atoms with E-state index in [2.05, 4.69) is 52.2 Å². The van der Waals surface area contributed by atoms with E-state index in [4.69, 9.17) is 21.4 Å². The minimum absolute atomic E-state index is 0.0375. The van der Waals surface area contributed by atoms with Crippen molar-refractivity contribution in [2.24, 2.45) is 28.3 Å². The number of likely N-dealkylation sites (tertiary alicyclic amines) is 1. The van der Waals surface area contributed by atoms with Gasteiger partial charge < -0.3 is 73.9 Å². The fourth-order valence-electron chi connectivity index (χ4n) is 7.21. The molecule has 25 nitrogen and oxygen atoms in total. The van der Waals surface area contributed by atoms with E-state index in [1.807, 2.05) is 0 Å². The molecule has 0 saturated carbocycles. The van der Waals surface area contributed by atoms with Crippen LogP contribution in [0.15, 0.2) is 41.8 Å². The number of aromatic amines is 1. The standard InChI is InChI=1S/C43H67N13O10.C2HF3O2/c1-7-24(4)35(40(63)53-31(19-27-20-47-22-49-27)41(64)56-17-9-11-32(56)38(61)50-25(5)42(65)66)55-37(60)30(18-26-12-14-28(57)15-13-26)52-39(62)34(23(2)3)54-36(59)29(51-33(58)21-46-6)10-8-16-48-43(44)45;3-2(4,5)1(6)7/h12-15,20,22-25,29-32,34-35,46,57H,7-11,16-19,21H2,1-6H3,(H,47,49)(H,50,61)(H,51,58)(H,52,62)(H,53,63)(H,54,59)(H,55,60)(H,65,66)(H4,44,45,48);(H,6,7)/t24-,25-,29-,30-,31-,32-,34-,35-;/m0./s1. The van der Waals surface area contributed by atoms with E-state index in [0.29, 0.717) is 30.5 Å². The van der Waals surface area contributed by atoms with E-state index in [1.165, 1.54) is 36.5 Å². The molecule has 1 aliphatic heterocycles. The number of carbonyl (C=O) groups excluding carboxylic acids is 7. The van der Waals surface area contributed by atoms with Gasteiger partial charge in [0.05, 0.1) is 12.9 Å². The zero-order chi connectivity index (χ0) is 55.2. The van der Waals surface area contributed by atoms with Gasteiger partial charge in [0.25, 0.3) is 0 Å². The number of hydrogen-bond donors (Lipinski definition) is 13. The lowest BCUT2D eigenvalue weighted by atomic mass is 9.96. The van der Waals surface area contributed by atoms with Gasteiger partial charge in [0.1, 0.15) is 48.0 Å². The number of carboxylic acid groups (broad SMARTS) is 2. The fourth-order valence-corrected chi connectivity index (χ4v) is 7.21. The molecule has 7 amide bonds. The third-order valence-electron chi connectivity index (χ3n) is 11.4. The number of nitrogens with zero attached hydrogens (tertiary/aromatic N) is 3. The number of nitrogens with one attached hydrogen (secondary N) is 8. The molecule has 1 saturated heterocycles. The highest BCUT2D eigenvalue weighted by atomic mass is 19.4. The molecule has 3 rings (SSSR count). The van der Waals surface area contributed by atoms with Gasteiger partial charge in [0.2, 0.25) is 41.4 Å². The molecule has 406 valence electrons. The summed E-state index contributed by atoms with van der Waals surface area (Å²) < 4.78 is 31.7. The van der Waals surface area contributed by atoms with Gasteiger partial charge in [-0.05, 0) is 69.2 Å². The zero-order valence-electron chi connectivity index (χ0n) is 41.4. The molecule has 0 spiro atoms. The summed E-state index contributed by atoms with van der Waals surface area (Å²) in [6.07, 6.45) is -0.838. The van der Waals surface area contributed by atoms with Gasteiger partial charge in [0.15, 0.2) is 5.96 Å². The Morgan fingerprint density at radius 1 is 0.836 bits per heavy atom. The van der Waals surface area contributed by atoms with Crippen molar-refractivity contribution in [3.8, 4) is 5.75 Å². The summed E-state index contributed by atoms with van der Waals surface area (Å²) in [5.74, 6) is -9.86. The van der Waals surface area contributed by atoms with Gasteiger partial charge in [0, 0.05) is 37.8 Å². The van der Waals surface area contributed by atoms with Crippen molar-refractivity contribution in [2.75, 3.05) is 26.7 Å². The molecule has 2 aromatic rings. The maximum Gasteiger partial charge on any atom is 0.490 e. The summed E-state index contributed by atoms with van der Waals surface area (Å²) in [7, 11) is 1.57. The molecule has 73 heavy (non-hydrogen) atoms. The maximum atomic E-state index is 14.4. The van der Waals surface area contributed by atoms with Gasteiger partial charge >= 0.3 is 18.1 Å². The number of alkyl halides is 3. The Labute approximate surface area is 419 Å². The molecular formula is C45H68F3N13O12. The van der Waals surface area contributed by atoms with Crippen LogP contribution >= 0.6 is 0 Å². The second-order valence-electron chi connectivity index (χ2n) is 17.5. The topological polar surface area (TPSA) is 395 Å². The number of aliphatic carboxylic acids is 2. The third kappa shape index (κ3) is 21.0. The molecule has 1 aliphatic rings. The van der Waals surface area contributed by atoms with Crippen LogP contribution in [0.3, 0.4) is 0 Å². The van der Waals surface area contributed by atoms with Crippen LogP contribution in [0.4, 0.5) is 13.2 Å². The van der Waals surface area contributed by atoms with Crippen LogP contribution in [0.1, 0.15) is 78.0 Å². The number of halogens is 3. The number of hydrogen-bond acceptors (Lipinski definition) is 13. The molecule has 1 fully saturated rings. The Kier molecular flexibility index (Phi) is 25.1. The molecule has 28 heteroatoms.